The number of methoxy groups -OCH3 is 1. The Kier molecular flexibility index (Phi) is 3.78. The van der Waals surface area contributed by atoms with Crippen LogP contribution in [0.5, 0.6) is 0 Å². The number of nitrogens with zero attached hydrogens (tertiary/aromatic N) is 3. The number of hydrogen-bond acceptors (Lipinski definition) is 4. The number of carbonyl (C=O) groups excluding carboxylic acids is 1. The molecule has 0 aromatic carbocycles. The molecule has 22 heavy (non-hydrogen) atoms. The summed E-state index contributed by atoms with van der Waals surface area (Å²) in [5.41, 5.74) is 2.75. The number of furan rings is 1. The second-order valence-corrected chi connectivity index (χ2v) is 5.82. The van der Waals surface area contributed by atoms with Crippen LogP contribution in [0.2, 0.25) is 0 Å². The molecule has 0 unspecified atom stereocenters. The van der Waals surface area contributed by atoms with Crippen molar-refractivity contribution in [1.82, 2.24) is 14.5 Å². The molecular weight excluding hydrogens is 282 g/mol. The van der Waals surface area contributed by atoms with Crippen LogP contribution < -0.4 is 0 Å². The monoisotopic (exact) mass is 303 g/mol. The second-order valence-electron chi connectivity index (χ2n) is 5.82. The Morgan fingerprint density at radius 3 is 2.91 bits per heavy atom. The molecule has 0 saturated heterocycles. The largest absolute Gasteiger partial charge is 0.466 e. The first-order chi connectivity index (χ1) is 10.5. The summed E-state index contributed by atoms with van der Waals surface area (Å²) in [6, 6.07) is 1.81. The number of aryl methyl sites for hydroxylation is 3. The van der Waals surface area contributed by atoms with Gasteiger partial charge >= 0.3 is 0 Å². The van der Waals surface area contributed by atoms with Gasteiger partial charge in [-0.2, -0.15) is 0 Å². The molecule has 2 aromatic heterocycles. The number of fused-ring (bicyclic) bond motifs is 1. The maximum Gasteiger partial charge on any atom is 0.258 e. The highest BCUT2D eigenvalue weighted by Crippen LogP contribution is 2.26. The average molecular weight is 303 g/mol. The van der Waals surface area contributed by atoms with Gasteiger partial charge in [-0.25, -0.2) is 4.98 Å². The number of carbonyl (C=O) groups is 1. The molecule has 3 rings (SSSR count). The highest BCUT2D eigenvalue weighted by molar-refractivity contribution is 5.95. The molecule has 1 amide bonds. The highest BCUT2D eigenvalue weighted by atomic mass is 16.5. The molecule has 1 aliphatic heterocycles. The standard InChI is InChI=1S/C16H21N3O3/c1-10-5-13(11(2)22-10)16(20)19-7-14-15(18(3)9-17-14)6-12(19)8-21-4/h5,9,12H,6-8H2,1-4H3/t12-/m0/s1. The van der Waals surface area contributed by atoms with Gasteiger partial charge in [-0.3, -0.25) is 4.79 Å². The van der Waals surface area contributed by atoms with Crippen molar-refractivity contribution < 1.29 is 13.9 Å². The number of imidazole rings is 1. The second kappa shape index (κ2) is 5.61. The number of ether oxygens (including phenoxy) is 1. The summed E-state index contributed by atoms with van der Waals surface area (Å²) < 4.78 is 12.8. The summed E-state index contributed by atoms with van der Waals surface area (Å²) in [5, 5.41) is 0. The van der Waals surface area contributed by atoms with Crippen molar-refractivity contribution in [2.24, 2.45) is 7.05 Å². The molecule has 0 spiro atoms. The maximum absolute atomic E-state index is 12.9. The van der Waals surface area contributed by atoms with E-state index in [4.69, 9.17) is 9.15 Å². The van der Waals surface area contributed by atoms with Crippen molar-refractivity contribution in [2.75, 3.05) is 13.7 Å². The summed E-state index contributed by atoms with van der Waals surface area (Å²) in [6.07, 6.45) is 2.55. The van der Waals surface area contributed by atoms with Gasteiger partial charge in [0.05, 0.1) is 36.8 Å². The summed E-state index contributed by atoms with van der Waals surface area (Å²) in [6.45, 7) is 4.68. The lowest BCUT2D eigenvalue weighted by atomic mass is 10.0. The zero-order chi connectivity index (χ0) is 15.9. The van der Waals surface area contributed by atoms with Crippen LogP contribution in [0.15, 0.2) is 16.8 Å². The van der Waals surface area contributed by atoms with Gasteiger partial charge in [-0.05, 0) is 19.9 Å². The quantitative estimate of drug-likeness (QED) is 0.868. The fourth-order valence-electron chi connectivity index (χ4n) is 3.10. The zero-order valence-corrected chi connectivity index (χ0v) is 13.4. The van der Waals surface area contributed by atoms with E-state index >= 15 is 0 Å². The van der Waals surface area contributed by atoms with E-state index < -0.39 is 0 Å². The van der Waals surface area contributed by atoms with E-state index in [2.05, 4.69) is 4.98 Å². The molecule has 1 aliphatic rings. The van der Waals surface area contributed by atoms with Crippen molar-refractivity contribution in [3.05, 3.63) is 40.9 Å². The van der Waals surface area contributed by atoms with Crippen LogP contribution in [0, 0.1) is 13.8 Å². The average Bonchev–Trinajstić information content (AvgIpc) is 3.01. The lowest BCUT2D eigenvalue weighted by Gasteiger charge is -2.35. The van der Waals surface area contributed by atoms with Gasteiger partial charge in [0.15, 0.2) is 0 Å². The van der Waals surface area contributed by atoms with E-state index in [0.29, 0.717) is 24.5 Å². The topological polar surface area (TPSA) is 60.5 Å². The third-order valence-corrected chi connectivity index (χ3v) is 4.23. The minimum Gasteiger partial charge on any atom is -0.466 e. The Bertz CT molecular complexity index is 702. The Hall–Kier alpha value is -2.08. The number of amides is 1. The van der Waals surface area contributed by atoms with Crippen LogP contribution in [0.25, 0.3) is 0 Å². The van der Waals surface area contributed by atoms with Gasteiger partial charge in [-0.15, -0.1) is 0 Å². The number of rotatable bonds is 3. The zero-order valence-electron chi connectivity index (χ0n) is 13.4. The molecule has 0 aliphatic carbocycles. The summed E-state index contributed by atoms with van der Waals surface area (Å²) in [4.78, 5) is 19.2. The molecule has 6 nitrogen and oxygen atoms in total. The Morgan fingerprint density at radius 2 is 2.27 bits per heavy atom. The lowest BCUT2D eigenvalue weighted by Crippen LogP contribution is -2.47. The SMILES string of the molecule is COC[C@@H]1Cc2c(ncn2C)CN1C(=O)c1cc(C)oc1C. The minimum atomic E-state index is -0.0206. The molecule has 2 aromatic rings. The first-order valence-corrected chi connectivity index (χ1v) is 7.37. The van der Waals surface area contributed by atoms with Crippen LogP contribution in [0.4, 0.5) is 0 Å². The smallest absolute Gasteiger partial charge is 0.258 e. The molecule has 0 radical (unpaired) electrons. The molecule has 118 valence electrons. The molecule has 3 heterocycles. The van der Waals surface area contributed by atoms with Crippen molar-refractivity contribution >= 4 is 5.91 Å². The van der Waals surface area contributed by atoms with Gasteiger partial charge in [0, 0.05) is 26.3 Å². The van der Waals surface area contributed by atoms with Crippen LogP contribution >= 0.6 is 0 Å². The Morgan fingerprint density at radius 1 is 1.50 bits per heavy atom. The van der Waals surface area contributed by atoms with Gasteiger partial charge in [0.2, 0.25) is 0 Å². The predicted molar refractivity (Wildman–Crippen MR) is 80.6 cm³/mol. The van der Waals surface area contributed by atoms with E-state index in [1.165, 1.54) is 5.69 Å². The maximum atomic E-state index is 12.9. The predicted octanol–water partition coefficient (Wildman–Crippen LogP) is 1.84. The normalized spacial score (nSPS) is 17.6. The Labute approximate surface area is 129 Å². The van der Waals surface area contributed by atoms with E-state index in [1.807, 2.05) is 30.4 Å². The first-order valence-electron chi connectivity index (χ1n) is 7.37. The van der Waals surface area contributed by atoms with E-state index in [1.54, 1.807) is 19.5 Å². The van der Waals surface area contributed by atoms with E-state index in [9.17, 15) is 4.79 Å². The van der Waals surface area contributed by atoms with E-state index in [-0.39, 0.29) is 11.9 Å². The molecule has 6 heteroatoms. The number of hydrogen-bond donors (Lipinski definition) is 0. The molecular formula is C16H21N3O3. The summed E-state index contributed by atoms with van der Waals surface area (Å²) >= 11 is 0. The molecule has 0 bridgehead atoms. The Balaban J connectivity index is 1.93. The van der Waals surface area contributed by atoms with Gasteiger partial charge in [-0.1, -0.05) is 0 Å². The number of aromatic nitrogens is 2. The van der Waals surface area contributed by atoms with Crippen LogP contribution in [0.1, 0.15) is 33.3 Å². The van der Waals surface area contributed by atoms with Crippen molar-refractivity contribution in [2.45, 2.75) is 32.9 Å². The third-order valence-electron chi connectivity index (χ3n) is 4.23. The van der Waals surface area contributed by atoms with Crippen molar-refractivity contribution in [3.8, 4) is 0 Å². The third kappa shape index (κ3) is 2.43. The lowest BCUT2D eigenvalue weighted by molar-refractivity contribution is 0.0466. The van der Waals surface area contributed by atoms with Crippen LogP contribution in [0.3, 0.4) is 0 Å². The van der Waals surface area contributed by atoms with Crippen molar-refractivity contribution in [1.29, 1.82) is 0 Å². The minimum absolute atomic E-state index is 0.00926. The first kappa shape index (κ1) is 14.8. The molecule has 1 atom stereocenters. The van der Waals surface area contributed by atoms with Gasteiger partial charge < -0.3 is 18.6 Å². The highest BCUT2D eigenvalue weighted by Gasteiger charge is 2.33. The molecule has 0 fully saturated rings. The fourth-order valence-corrected chi connectivity index (χ4v) is 3.10. The van der Waals surface area contributed by atoms with Gasteiger partial charge in [0.1, 0.15) is 11.5 Å². The van der Waals surface area contributed by atoms with Crippen LogP contribution in [-0.2, 0) is 24.8 Å². The van der Waals surface area contributed by atoms with Gasteiger partial charge in [0.25, 0.3) is 5.91 Å². The van der Waals surface area contributed by atoms with E-state index in [0.717, 1.165) is 17.9 Å². The summed E-state index contributed by atoms with van der Waals surface area (Å²) in [7, 11) is 3.64. The van der Waals surface area contributed by atoms with Crippen molar-refractivity contribution in [3.63, 3.8) is 0 Å². The fraction of sp³-hybridized carbons (Fsp3) is 0.500. The molecule has 0 saturated carbocycles. The molecule has 0 N–H and O–H groups in total. The summed E-state index contributed by atoms with van der Waals surface area (Å²) in [5.74, 6) is 1.39. The van der Waals surface area contributed by atoms with Crippen LogP contribution in [-0.4, -0.2) is 40.1 Å².